The van der Waals surface area contributed by atoms with E-state index < -0.39 is 0 Å². The number of ketones is 1. The standard InChI is InChI=1S/C13H19NO/c1-13(2,3)14-10-9-12(15)11-7-5-4-6-8-11/h4-8,14H,9-10H2,1-3H3. The number of Topliss-reactive ketones (excluding diaryl/α,β-unsaturated/α-hetero) is 1. The predicted molar refractivity (Wildman–Crippen MR) is 63.1 cm³/mol. The molecule has 0 heterocycles. The fourth-order valence-electron chi connectivity index (χ4n) is 1.32. The first-order valence-electron chi connectivity index (χ1n) is 5.32. The lowest BCUT2D eigenvalue weighted by Crippen LogP contribution is -2.37. The SMILES string of the molecule is CC(C)(C)NCCC(=O)c1ccccc1. The van der Waals surface area contributed by atoms with E-state index in [2.05, 4.69) is 26.1 Å². The lowest BCUT2D eigenvalue weighted by Gasteiger charge is -2.20. The summed E-state index contributed by atoms with van der Waals surface area (Å²) in [6.07, 6.45) is 0.557. The highest BCUT2D eigenvalue weighted by molar-refractivity contribution is 5.96. The van der Waals surface area contributed by atoms with Crippen molar-refractivity contribution in [3.05, 3.63) is 35.9 Å². The number of rotatable bonds is 4. The smallest absolute Gasteiger partial charge is 0.164 e. The number of benzene rings is 1. The summed E-state index contributed by atoms with van der Waals surface area (Å²) in [7, 11) is 0. The van der Waals surface area contributed by atoms with Gasteiger partial charge in [-0.25, -0.2) is 0 Å². The Morgan fingerprint density at radius 1 is 1.20 bits per heavy atom. The third-order valence-electron chi connectivity index (χ3n) is 2.10. The molecule has 1 aromatic carbocycles. The van der Waals surface area contributed by atoms with Crippen molar-refractivity contribution in [2.24, 2.45) is 0 Å². The zero-order chi connectivity index (χ0) is 11.3. The molecule has 0 unspecified atom stereocenters. The molecular formula is C13H19NO. The molecule has 0 aromatic heterocycles. The summed E-state index contributed by atoms with van der Waals surface area (Å²) in [6.45, 7) is 7.03. The minimum atomic E-state index is 0.0803. The van der Waals surface area contributed by atoms with Crippen molar-refractivity contribution in [3.63, 3.8) is 0 Å². The van der Waals surface area contributed by atoms with Gasteiger partial charge in [0.1, 0.15) is 0 Å². The second-order valence-corrected chi connectivity index (χ2v) is 4.72. The number of hydrogen-bond donors (Lipinski definition) is 1. The Bertz CT molecular complexity index is 311. The van der Waals surface area contributed by atoms with Gasteiger partial charge in [0.25, 0.3) is 0 Å². The summed E-state index contributed by atoms with van der Waals surface area (Å²) in [4.78, 5) is 11.7. The van der Waals surface area contributed by atoms with Crippen LogP contribution in [-0.4, -0.2) is 17.9 Å². The first kappa shape index (κ1) is 11.9. The van der Waals surface area contributed by atoms with Crippen LogP contribution in [0, 0.1) is 0 Å². The van der Waals surface area contributed by atoms with Gasteiger partial charge in [0, 0.05) is 24.1 Å². The van der Waals surface area contributed by atoms with Crippen LogP contribution in [0.5, 0.6) is 0 Å². The zero-order valence-electron chi connectivity index (χ0n) is 9.71. The minimum Gasteiger partial charge on any atom is -0.312 e. The molecule has 0 fully saturated rings. The monoisotopic (exact) mass is 205 g/mol. The third kappa shape index (κ3) is 4.75. The summed E-state index contributed by atoms with van der Waals surface area (Å²) in [5.41, 5.74) is 0.880. The molecule has 0 amide bonds. The van der Waals surface area contributed by atoms with Crippen LogP contribution >= 0.6 is 0 Å². The number of carbonyl (C=O) groups excluding carboxylic acids is 1. The van der Waals surface area contributed by atoms with Crippen molar-refractivity contribution in [1.82, 2.24) is 5.32 Å². The lowest BCUT2D eigenvalue weighted by atomic mass is 10.1. The molecule has 1 N–H and O–H groups in total. The van der Waals surface area contributed by atoms with E-state index in [4.69, 9.17) is 0 Å². The highest BCUT2D eigenvalue weighted by Gasteiger charge is 2.10. The van der Waals surface area contributed by atoms with Crippen LogP contribution in [0.1, 0.15) is 37.6 Å². The summed E-state index contributed by atoms with van der Waals surface area (Å²) < 4.78 is 0. The molecule has 2 heteroatoms. The number of hydrogen-bond acceptors (Lipinski definition) is 2. The van der Waals surface area contributed by atoms with Gasteiger partial charge in [0.2, 0.25) is 0 Å². The topological polar surface area (TPSA) is 29.1 Å². The average Bonchev–Trinajstić information content (AvgIpc) is 2.17. The van der Waals surface area contributed by atoms with Crippen molar-refractivity contribution < 1.29 is 4.79 Å². The number of carbonyl (C=O) groups is 1. The van der Waals surface area contributed by atoms with Gasteiger partial charge in [-0.2, -0.15) is 0 Å². The molecule has 1 aromatic rings. The van der Waals surface area contributed by atoms with Gasteiger partial charge in [0.15, 0.2) is 5.78 Å². The largest absolute Gasteiger partial charge is 0.312 e. The molecule has 0 bridgehead atoms. The summed E-state index contributed by atoms with van der Waals surface area (Å²) in [5.74, 6) is 0.201. The predicted octanol–water partition coefficient (Wildman–Crippen LogP) is 2.65. The van der Waals surface area contributed by atoms with Crippen LogP contribution in [0.2, 0.25) is 0 Å². The van der Waals surface area contributed by atoms with Gasteiger partial charge in [-0.1, -0.05) is 30.3 Å². The fourth-order valence-corrected chi connectivity index (χ4v) is 1.32. The van der Waals surface area contributed by atoms with E-state index in [0.717, 1.165) is 12.1 Å². The van der Waals surface area contributed by atoms with E-state index >= 15 is 0 Å². The van der Waals surface area contributed by atoms with Crippen LogP contribution in [0.15, 0.2) is 30.3 Å². The molecule has 82 valence electrons. The molecule has 0 aliphatic rings. The molecule has 1 rings (SSSR count). The maximum absolute atomic E-state index is 11.7. The molecular weight excluding hydrogens is 186 g/mol. The van der Waals surface area contributed by atoms with Crippen LogP contribution in [0.3, 0.4) is 0 Å². The van der Waals surface area contributed by atoms with Gasteiger partial charge >= 0.3 is 0 Å². The Labute approximate surface area is 91.7 Å². The summed E-state index contributed by atoms with van der Waals surface area (Å²) in [5, 5.41) is 3.30. The van der Waals surface area contributed by atoms with E-state index in [9.17, 15) is 4.79 Å². The van der Waals surface area contributed by atoms with E-state index in [-0.39, 0.29) is 11.3 Å². The Morgan fingerprint density at radius 2 is 1.80 bits per heavy atom. The Balaban J connectivity index is 2.38. The van der Waals surface area contributed by atoms with Gasteiger partial charge in [-0.05, 0) is 20.8 Å². The normalized spacial score (nSPS) is 11.4. The molecule has 0 spiro atoms. The van der Waals surface area contributed by atoms with E-state index in [0.29, 0.717) is 6.42 Å². The first-order valence-corrected chi connectivity index (χ1v) is 5.32. The van der Waals surface area contributed by atoms with Crippen LogP contribution in [-0.2, 0) is 0 Å². The quantitative estimate of drug-likeness (QED) is 0.766. The van der Waals surface area contributed by atoms with Crippen molar-refractivity contribution in [2.75, 3.05) is 6.54 Å². The summed E-state index contributed by atoms with van der Waals surface area (Å²) in [6, 6.07) is 9.43. The Morgan fingerprint density at radius 3 is 2.33 bits per heavy atom. The van der Waals surface area contributed by atoms with Crippen LogP contribution in [0.4, 0.5) is 0 Å². The van der Waals surface area contributed by atoms with E-state index in [1.54, 1.807) is 0 Å². The van der Waals surface area contributed by atoms with Crippen molar-refractivity contribution in [3.8, 4) is 0 Å². The molecule has 0 saturated carbocycles. The zero-order valence-corrected chi connectivity index (χ0v) is 9.71. The van der Waals surface area contributed by atoms with Gasteiger partial charge in [-0.3, -0.25) is 4.79 Å². The van der Waals surface area contributed by atoms with Crippen LogP contribution in [0.25, 0.3) is 0 Å². The highest BCUT2D eigenvalue weighted by atomic mass is 16.1. The fraction of sp³-hybridized carbons (Fsp3) is 0.462. The molecule has 0 saturated heterocycles. The molecule has 15 heavy (non-hydrogen) atoms. The average molecular weight is 205 g/mol. The second-order valence-electron chi connectivity index (χ2n) is 4.72. The Hall–Kier alpha value is -1.15. The molecule has 0 aliphatic carbocycles. The first-order chi connectivity index (χ1) is 6.99. The maximum Gasteiger partial charge on any atom is 0.164 e. The van der Waals surface area contributed by atoms with Gasteiger partial charge in [0.05, 0.1) is 0 Å². The number of nitrogens with one attached hydrogen (secondary N) is 1. The van der Waals surface area contributed by atoms with Crippen molar-refractivity contribution in [2.45, 2.75) is 32.7 Å². The Kier molecular flexibility index (Phi) is 4.04. The lowest BCUT2D eigenvalue weighted by molar-refractivity contribution is 0.0980. The second kappa shape index (κ2) is 5.08. The summed E-state index contributed by atoms with van der Waals surface area (Å²) >= 11 is 0. The van der Waals surface area contributed by atoms with E-state index in [1.807, 2.05) is 30.3 Å². The molecule has 0 aliphatic heterocycles. The third-order valence-corrected chi connectivity index (χ3v) is 2.10. The van der Waals surface area contributed by atoms with Crippen molar-refractivity contribution in [1.29, 1.82) is 0 Å². The minimum absolute atomic E-state index is 0.0803. The van der Waals surface area contributed by atoms with Gasteiger partial charge < -0.3 is 5.32 Å². The molecule has 2 nitrogen and oxygen atoms in total. The van der Waals surface area contributed by atoms with Crippen molar-refractivity contribution >= 4 is 5.78 Å². The van der Waals surface area contributed by atoms with E-state index in [1.165, 1.54) is 0 Å². The molecule has 0 atom stereocenters. The van der Waals surface area contributed by atoms with Gasteiger partial charge in [-0.15, -0.1) is 0 Å². The highest BCUT2D eigenvalue weighted by Crippen LogP contribution is 2.04. The maximum atomic E-state index is 11.7. The molecule has 0 radical (unpaired) electrons. The van der Waals surface area contributed by atoms with Crippen LogP contribution < -0.4 is 5.32 Å².